The van der Waals surface area contributed by atoms with E-state index in [4.69, 9.17) is 30.0 Å². The lowest BCUT2D eigenvalue weighted by Crippen LogP contribution is -2.46. The predicted molar refractivity (Wildman–Crippen MR) is 159 cm³/mol. The molecule has 0 aliphatic carbocycles. The lowest BCUT2D eigenvalue weighted by Gasteiger charge is -2.20. The molecule has 3 aromatic heterocycles. The second-order valence-electron chi connectivity index (χ2n) is 10.4. The quantitative estimate of drug-likeness (QED) is 0.0608. The fraction of sp³-hybridized carbons (Fsp3) is 0.542. The monoisotopic (exact) mass is 723 g/mol. The van der Waals surface area contributed by atoms with E-state index in [1.165, 1.54) is 46.3 Å². The Kier molecular flexibility index (Phi) is 12.0. The predicted octanol–water partition coefficient (Wildman–Crippen LogP) is -2.59. The van der Waals surface area contributed by atoms with Gasteiger partial charge in [-0.05, 0) is 6.07 Å². The average Bonchev–Trinajstić information content (AvgIpc) is 3.67. The molecule has 24 heteroatoms. The average molecular weight is 724 g/mol. The zero-order valence-corrected chi connectivity index (χ0v) is 25.9. The van der Waals surface area contributed by atoms with Crippen LogP contribution >= 0.6 is 15.6 Å². The van der Waals surface area contributed by atoms with Crippen LogP contribution in [0.3, 0.4) is 0 Å². The number of carbonyl (C=O) groups is 1. The van der Waals surface area contributed by atoms with Gasteiger partial charge in [0.15, 0.2) is 41.7 Å². The van der Waals surface area contributed by atoms with E-state index in [9.17, 15) is 44.1 Å². The fourth-order valence-electron chi connectivity index (χ4n) is 4.88. The summed E-state index contributed by atoms with van der Waals surface area (Å²) in [4.78, 5) is 44.0. The Hall–Kier alpha value is -3.05. The van der Waals surface area contributed by atoms with E-state index < -0.39 is 83.8 Å². The molecule has 2 aliphatic rings. The third-order valence-electron chi connectivity index (χ3n) is 7.15. The minimum atomic E-state index is -5.38. The Morgan fingerprint density at radius 2 is 1.65 bits per heavy atom. The second kappa shape index (κ2) is 15.2. The highest BCUT2D eigenvalue weighted by atomic mass is 31.3. The van der Waals surface area contributed by atoms with Crippen molar-refractivity contribution >= 4 is 38.5 Å². The summed E-state index contributed by atoms with van der Waals surface area (Å²) in [6.07, 6.45) is -6.71. The first-order valence-corrected chi connectivity index (χ1v) is 16.8. The van der Waals surface area contributed by atoms with Gasteiger partial charge in [-0.15, -0.1) is 0 Å². The lowest BCUT2D eigenvalue weighted by atomic mass is 10.1. The van der Waals surface area contributed by atoms with E-state index >= 15 is 0 Å². The molecule has 0 radical (unpaired) electrons. The molecule has 266 valence electrons. The Bertz CT molecular complexity index is 1680. The molecular weight excluding hydrogens is 686 g/mol. The molecule has 0 spiro atoms. The van der Waals surface area contributed by atoms with Gasteiger partial charge in [0.25, 0.3) is 12.1 Å². The highest BCUT2D eigenvalue weighted by Gasteiger charge is 2.50. The van der Waals surface area contributed by atoms with Crippen molar-refractivity contribution in [2.75, 3.05) is 31.6 Å². The Labute approximate surface area is 272 Å². The summed E-state index contributed by atoms with van der Waals surface area (Å²) >= 11 is 0. The maximum Gasteiger partial charge on any atom is 0.481 e. The largest absolute Gasteiger partial charge is 0.481 e. The van der Waals surface area contributed by atoms with Crippen molar-refractivity contribution in [2.45, 2.75) is 56.5 Å². The number of carbonyl (C=O) groups excluding carboxylic acids is 1. The molecule has 48 heavy (non-hydrogen) atoms. The van der Waals surface area contributed by atoms with Crippen LogP contribution in [0, 0.1) is 0 Å². The summed E-state index contributed by atoms with van der Waals surface area (Å²) in [6.45, 7) is -1.09. The summed E-state index contributed by atoms with van der Waals surface area (Å²) in [5.41, 5.74) is 11.4. The van der Waals surface area contributed by atoms with Crippen molar-refractivity contribution in [3.05, 3.63) is 42.7 Å². The molecule has 2 aliphatic heterocycles. The smallest absolute Gasteiger partial charge is 0.387 e. The first-order chi connectivity index (χ1) is 22.2. The molecule has 4 unspecified atom stereocenters. The van der Waals surface area contributed by atoms with Gasteiger partial charge in [0.1, 0.15) is 42.4 Å². The Morgan fingerprint density at radius 1 is 1.00 bits per heavy atom. The number of imidazole rings is 1. The van der Waals surface area contributed by atoms with Gasteiger partial charge in [-0.3, -0.25) is 18.4 Å². The third-order valence-corrected chi connectivity index (χ3v) is 9.76. The summed E-state index contributed by atoms with van der Waals surface area (Å²) in [6, 6.07) is 2.84. The number of aliphatic hydroxyl groups excluding tert-OH is 4. The van der Waals surface area contributed by atoms with E-state index in [0.29, 0.717) is 24.4 Å². The number of pyridine rings is 1. The number of hydrogen-bond donors (Lipinski definition) is 9. The van der Waals surface area contributed by atoms with E-state index in [1.807, 2.05) is 0 Å². The van der Waals surface area contributed by atoms with Crippen molar-refractivity contribution < 1.29 is 71.5 Å². The minimum absolute atomic E-state index is 0. The maximum absolute atomic E-state index is 12.5. The molecule has 3 aromatic rings. The SMILES string of the molecule is C.NCCNc1ncnc2c1ncn2[C@H]1O[C@@H](COP(=O)(O)OP(=O)(O)OC[C@H]2O[C@@H]([n+]3cccc(C(N)=O)c3)[C@@H](O)C2O)[C@@H](O)C1O. The number of phosphoric ester groups is 2. The van der Waals surface area contributed by atoms with E-state index in [0.717, 1.165) is 0 Å². The number of amides is 1. The molecule has 2 fully saturated rings. The maximum atomic E-state index is 12.5. The van der Waals surface area contributed by atoms with E-state index in [1.54, 1.807) is 0 Å². The van der Waals surface area contributed by atoms with Crippen LogP contribution in [0.25, 0.3) is 11.2 Å². The molecule has 0 aromatic carbocycles. The van der Waals surface area contributed by atoms with Gasteiger partial charge >= 0.3 is 15.6 Å². The van der Waals surface area contributed by atoms with Gasteiger partial charge in [0.05, 0.1) is 19.5 Å². The van der Waals surface area contributed by atoms with Crippen LogP contribution in [0.5, 0.6) is 0 Å². The number of ether oxygens (including phenoxy) is 2. The first kappa shape index (κ1) is 37.8. The van der Waals surface area contributed by atoms with Gasteiger partial charge in [-0.2, -0.15) is 8.88 Å². The molecule has 0 bridgehead atoms. The summed E-state index contributed by atoms with van der Waals surface area (Å²) < 4.78 is 52.4. The third kappa shape index (κ3) is 8.21. The Morgan fingerprint density at radius 3 is 2.29 bits per heavy atom. The van der Waals surface area contributed by atoms with Crippen molar-refractivity contribution in [2.24, 2.45) is 11.5 Å². The molecule has 10 atom stereocenters. The molecule has 5 heterocycles. The van der Waals surface area contributed by atoms with Crippen molar-refractivity contribution in [3.8, 4) is 0 Å². The molecule has 0 saturated carbocycles. The second-order valence-corrected chi connectivity index (χ2v) is 13.4. The number of aliphatic hydroxyl groups is 4. The summed E-state index contributed by atoms with van der Waals surface area (Å²) in [7, 11) is -10.8. The van der Waals surface area contributed by atoms with Gasteiger partial charge in [-0.25, -0.2) is 24.1 Å². The highest BCUT2D eigenvalue weighted by Crippen LogP contribution is 2.60. The number of hydrogen-bond acceptors (Lipinski definition) is 17. The van der Waals surface area contributed by atoms with Crippen molar-refractivity contribution in [3.63, 3.8) is 0 Å². The van der Waals surface area contributed by atoms with Crippen molar-refractivity contribution in [1.82, 2.24) is 19.5 Å². The van der Waals surface area contributed by atoms with Crippen LogP contribution in [0.2, 0.25) is 0 Å². The first-order valence-electron chi connectivity index (χ1n) is 13.8. The number of nitrogens with zero attached hydrogens (tertiary/aromatic N) is 5. The van der Waals surface area contributed by atoms with Crippen LogP contribution in [-0.4, -0.2) is 119 Å². The number of rotatable bonds is 14. The Balaban J connectivity index is 0.00000520. The van der Waals surface area contributed by atoms with Gasteiger partial charge in [0.2, 0.25) is 0 Å². The topological polar surface area (TPSA) is 330 Å². The number of aromatic nitrogens is 5. The van der Waals surface area contributed by atoms with Crippen LogP contribution in [0.1, 0.15) is 30.2 Å². The number of anilines is 1. The van der Waals surface area contributed by atoms with Gasteiger partial charge < -0.3 is 56.5 Å². The normalized spacial score (nSPS) is 29.6. The zero-order chi connectivity index (χ0) is 34.1. The number of fused-ring (bicyclic) bond motifs is 1. The number of nitrogens with one attached hydrogen (secondary N) is 1. The lowest BCUT2D eigenvalue weighted by molar-refractivity contribution is -0.765. The molecule has 5 rings (SSSR count). The molecular formula is C24H37N8O14P2+. The molecule has 2 saturated heterocycles. The van der Waals surface area contributed by atoms with Gasteiger partial charge in [0, 0.05) is 19.2 Å². The fourth-order valence-corrected chi connectivity index (χ4v) is 6.97. The number of nitrogens with two attached hydrogens (primary N) is 2. The van der Waals surface area contributed by atoms with Crippen LogP contribution in [0.4, 0.5) is 5.82 Å². The molecule has 22 nitrogen and oxygen atoms in total. The molecule has 11 N–H and O–H groups in total. The van der Waals surface area contributed by atoms with Crippen molar-refractivity contribution in [1.29, 1.82) is 0 Å². The summed E-state index contributed by atoms with van der Waals surface area (Å²) in [5.74, 6) is -0.404. The van der Waals surface area contributed by atoms with Crippen LogP contribution in [0.15, 0.2) is 37.2 Å². The standard InChI is InChI=1S/C23H32N8O14P2.CH4/c24-3-4-26-20-14-21(28-9-27-20)31(10-29-14)23-18(35)16(33)13(44-23)8-42-47(39,40)45-46(37,38)41-7-12-15(32)17(34)22(43-12)30-5-1-2-11(6-30)19(25)36;/h1-2,5-6,9-10,12-13,15-18,22-23,32-35H,3-4,7-8,24H2,(H4-,25,26,27,28,36,37,38,39,40);1H4/p+1/t12-,13+,15?,16-,17+,18?,22-,23+;/m1./s1. The van der Waals surface area contributed by atoms with E-state index in [2.05, 4.69) is 24.6 Å². The van der Waals surface area contributed by atoms with Crippen LogP contribution < -0.4 is 21.4 Å². The minimum Gasteiger partial charge on any atom is -0.387 e. The summed E-state index contributed by atoms with van der Waals surface area (Å²) in [5, 5.41) is 44.9. The number of phosphoric acid groups is 2. The number of primary amides is 1. The van der Waals surface area contributed by atoms with E-state index in [-0.39, 0.29) is 18.6 Å². The highest BCUT2D eigenvalue weighted by molar-refractivity contribution is 7.61. The zero-order valence-electron chi connectivity index (χ0n) is 24.1. The van der Waals surface area contributed by atoms with Crippen LogP contribution in [-0.2, 0) is 32.0 Å². The molecule has 1 amide bonds. The van der Waals surface area contributed by atoms with Gasteiger partial charge in [-0.1, -0.05) is 7.43 Å².